The highest BCUT2D eigenvalue weighted by Crippen LogP contribution is 2.19. The van der Waals surface area contributed by atoms with E-state index in [1.165, 1.54) is 4.90 Å². The number of carbonyl (C=O) groups is 2. The summed E-state index contributed by atoms with van der Waals surface area (Å²) in [5.74, 6) is 0.435. The Kier molecular flexibility index (Phi) is 5.19. The zero-order chi connectivity index (χ0) is 17.8. The van der Waals surface area contributed by atoms with Gasteiger partial charge in [0.25, 0.3) is 5.91 Å². The lowest BCUT2D eigenvalue weighted by Gasteiger charge is -2.11. The Morgan fingerprint density at radius 3 is 2.40 bits per heavy atom. The smallest absolute Gasteiger partial charge is 0.329 e. The molecule has 0 bridgehead atoms. The monoisotopic (exact) mass is 400 g/mol. The topological polar surface area (TPSA) is 58.6 Å². The van der Waals surface area contributed by atoms with Gasteiger partial charge in [-0.05, 0) is 48.4 Å². The zero-order valence-corrected chi connectivity index (χ0v) is 15.2. The molecular weight excluding hydrogens is 384 g/mol. The number of nitrogens with one attached hydrogen (secondary N) is 1. The fraction of sp³-hybridized carbons (Fsp3) is 0.158. The van der Waals surface area contributed by atoms with E-state index in [-0.39, 0.29) is 18.1 Å². The molecule has 0 aliphatic carbocycles. The molecule has 128 valence electrons. The molecule has 1 aliphatic heterocycles. The molecule has 25 heavy (non-hydrogen) atoms. The molecule has 0 atom stereocenters. The second-order valence-corrected chi connectivity index (χ2v) is 6.42. The molecule has 2 aromatic carbocycles. The van der Waals surface area contributed by atoms with Crippen LogP contribution < -0.4 is 10.1 Å². The molecule has 6 heteroatoms. The predicted octanol–water partition coefficient (Wildman–Crippen LogP) is 3.94. The minimum absolute atomic E-state index is 0.235. The quantitative estimate of drug-likeness (QED) is 0.610. The number of hydrogen-bond acceptors (Lipinski definition) is 3. The van der Waals surface area contributed by atoms with Crippen LogP contribution in [0.2, 0.25) is 0 Å². The van der Waals surface area contributed by atoms with Crippen molar-refractivity contribution >= 4 is 33.9 Å². The number of ether oxygens (including phenoxy) is 1. The molecule has 3 amide bonds. The molecule has 1 N–H and O–H groups in total. The number of rotatable bonds is 5. The summed E-state index contributed by atoms with van der Waals surface area (Å²) in [6, 6.07) is 14.4. The largest absolute Gasteiger partial charge is 0.494 e. The van der Waals surface area contributed by atoms with Crippen LogP contribution in [0.25, 0.3) is 6.08 Å². The minimum Gasteiger partial charge on any atom is -0.494 e. The van der Waals surface area contributed by atoms with Gasteiger partial charge in [-0.1, -0.05) is 40.2 Å². The number of nitrogens with zero attached hydrogens (tertiary/aromatic N) is 1. The Morgan fingerprint density at radius 2 is 1.76 bits per heavy atom. The van der Waals surface area contributed by atoms with Crippen molar-refractivity contribution in [3.05, 3.63) is 69.8 Å². The molecule has 0 spiro atoms. The number of urea groups is 1. The van der Waals surface area contributed by atoms with Gasteiger partial charge in [0.1, 0.15) is 11.4 Å². The van der Waals surface area contributed by atoms with Crippen molar-refractivity contribution in [1.29, 1.82) is 0 Å². The van der Waals surface area contributed by atoms with Crippen LogP contribution in [0.15, 0.2) is 58.7 Å². The van der Waals surface area contributed by atoms with Crippen LogP contribution in [0.4, 0.5) is 4.79 Å². The van der Waals surface area contributed by atoms with E-state index in [0.717, 1.165) is 21.3 Å². The highest BCUT2D eigenvalue weighted by Gasteiger charge is 2.33. The first kappa shape index (κ1) is 17.2. The SMILES string of the molecule is CCOc1ccc(/C=C2/NC(=O)N(Cc3ccc(Br)cc3)C2=O)cc1. The normalized spacial score (nSPS) is 15.6. The highest BCUT2D eigenvalue weighted by molar-refractivity contribution is 9.10. The number of amides is 3. The van der Waals surface area contributed by atoms with Crippen molar-refractivity contribution < 1.29 is 14.3 Å². The first-order valence-electron chi connectivity index (χ1n) is 7.88. The summed E-state index contributed by atoms with van der Waals surface area (Å²) in [7, 11) is 0. The van der Waals surface area contributed by atoms with Crippen molar-refractivity contribution in [2.45, 2.75) is 13.5 Å². The number of hydrogen-bond donors (Lipinski definition) is 1. The fourth-order valence-electron chi connectivity index (χ4n) is 2.48. The Labute approximate surface area is 154 Å². The Hall–Kier alpha value is -2.60. The third kappa shape index (κ3) is 4.09. The summed E-state index contributed by atoms with van der Waals surface area (Å²) < 4.78 is 6.34. The van der Waals surface area contributed by atoms with Crippen LogP contribution in [-0.4, -0.2) is 23.4 Å². The maximum Gasteiger partial charge on any atom is 0.329 e. The second-order valence-electron chi connectivity index (χ2n) is 5.51. The van der Waals surface area contributed by atoms with Crippen LogP contribution in [-0.2, 0) is 11.3 Å². The summed E-state index contributed by atoms with van der Waals surface area (Å²) in [5, 5.41) is 2.63. The molecule has 1 heterocycles. The lowest BCUT2D eigenvalue weighted by Crippen LogP contribution is -2.30. The molecule has 5 nitrogen and oxygen atoms in total. The predicted molar refractivity (Wildman–Crippen MR) is 98.8 cm³/mol. The first-order valence-corrected chi connectivity index (χ1v) is 8.68. The Bertz CT molecular complexity index is 814. The van der Waals surface area contributed by atoms with Gasteiger partial charge in [-0.25, -0.2) is 4.79 Å². The summed E-state index contributed by atoms with van der Waals surface area (Å²) in [6.45, 7) is 2.75. The molecule has 1 aliphatic rings. The van der Waals surface area contributed by atoms with Crippen LogP contribution in [0.1, 0.15) is 18.1 Å². The van der Waals surface area contributed by atoms with Crippen molar-refractivity contribution in [2.75, 3.05) is 6.61 Å². The van der Waals surface area contributed by atoms with E-state index in [1.807, 2.05) is 55.5 Å². The van der Waals surface area contributed by atoms with Crippen LogP contribution in [0.3, 0.4) is 0 Å². The van der Waals surface area contributed by atoms with Crippen LogP contribution in [0.5, 0.6) is 5.75 Å². The average Bonchev–Trinajstić information content (AvgIpc) is 2.86. The van der Waals surface area contributed by atoms with Crippen LogP contribution >= 0.6 is 15.9 Å². The molecular formula is C19H17BrN2O3. The van der Waals surface area contributed by atoms with Gasteiger partial charge in [-0.3, -0.25) is 9.69 Å². The van der Waals surface area contributed by atoms with Crippen LogP contribution in [0, 0.1) is 0 Å². The van der Waals surface area contributed by atoms with E-state index in [4.69, 9.17) is 4.74 Å². The number of imide groups is 1. The van der Waals surface area contributed by atoms with Gasteiger partial charge >= 0.3 is 6.03 Å². The zero-order valence-electron chi connectivity index (χ0n) is 13.7. The Morgan fingerprint density at radius 1 is 1.08 bits per heavy atom. The van der Waals surface area contributed by atoms with Gasteiger partial charge < -0.3 is 10.1 Å². The fourth-order valence-corrected chi connectivity index (χ4v) is 2.75. The standard InChI is InChI=1S/C19H17BrN2O3/c1-2-25-16-9-5-13(6-10-16)11-17-18(23)22(19(24)21-17)12-14-3-7-15(20)8-4-14/h3-11H,2,12H2,1H3,(H,21,24)/b17-11+. The third-order valence-corrected chi connectivity index (χ3v) is 4.25. The van der Waals surface area contributed by atoms with E-state index in [1.54, 1.807) is 6.08 Å². The summed E-state index contributed by atoms with van der Waals surface area (Å²) >= 11 is 3.37. The summed E-state index contributed by atoms with van der Waals surface area (Å²) in [4.78, 5) is 25.8. The Balaban J connectivity index is 1.74. The number of halogens is 1. The molecule has 0 radical (unpaired) electrons. The molecule has 0 unspecified atom stereocenters. The first-order chi connectivity index (χ1) is 12.1. The van der Waals surface area contributed by atoms with Crippen molar-refractivity contribution in [1.82, 2.24) is 10.2 Å². The van der Waals surface area contributed by atoms with E-state index < -0.39 is 6.03 Å². The highest BCUT2D eigenvalue weighted by atomic mass is 79.9. The lowest BCUT2D eigenvalue weighted by molar-refractivity contribution is -0.123. The molecule has 2 aromatic rings. The number of benzene rings is 2. The van der Waals surface area contributed by atoms with Crippen molar-refractivity contribution in [2.24, 2.45) is 0 Å². The van der Waals surface area contributed by atoms with E-state index in [2.05, 4.69) is 21.2 Å². The molecule has 1 saturated heterocycles. The van der Waals surface area contributed by atoms with E-state index >= 15 is 0 Å². The maximum atomic E-state index is 12.5. The van der Waals surface area contributed by atoms with E-state index in [0.29, 0.717) is 6.61 Å². The molecule has 0 aromatic heterocycles. The van der Waals surface area contributed by atoms with Gasteiger partial charge in [0.15, 0.2) is 0 Å². The lowest BCUT2D eigenvalue weighted by atomic mass is 10.1. The van der Waals surface area contributed by atoms with Gasteiger partial charge in [-0.2, -0.15) is 0 Å². The minimum atomic E-state index is -0.412. The molecule has 1 fully saturated rings. The van der Waals surface area contributed by atoms with Gasteiger partial charge in [-0.15, -0.1) is 0 Å². The third-order valence-electron chi connectivity index (χ3n) is 3.72. The maximum absolute atomic E-state index is 12.5. The van der Waals surface area contributed by atoms with E-state index in [9.17, 15) is 9.59 Å². The molecule has 3 rings (SSSR count). The second kappa shape index (κ2) is 7.53. The van der Waals surface area contributed by atoms with Crippen molar-refractivity contribution in [3.8, 4) is 5.75 Å². The van der Waals surface area contributed by atoms with Gasteiger partial charge in [0.2, 0.25) is 0 Å². The summed E-state index contributed by atoms with van der Waals surface area (Å²) in [6.07, 6.45) is 1.66. The van der Waals surface area contributed by atoms with Gasteiger partial charge in [0.05, 0.1) is 13.2 Å². The summed E-state index contributed by atoms with van der Waals surface area (Å²) in [5.41, 5.74) is 1.97. The van der Waals surface area contributed by atoms with Gasteiger partial charge in [0, 0.05) is 4.47 Å². The number of carbonyl (C=O) groups excluding carboxylic acids is 2. The van der Waals surface area contributed by atoms with Crippen molar-refractivity contribution in [3.63, 3.8) is 0 Å². The molecule has 0 saturated carbocycles. The average molecular weight is 401 g/mol.